The molecule has 2 heterocycles. The first-order valence-electron chi connectivity index (χ1n) is 7.93. The van der Waals surface area contributed by atoms with Gasteiger partial charge in [0.1, 0.15) is 11.7 Å². The van der Waals surface area contributed by atoms with E-state index in [1.54, 1.807) is 0 Å². The average molecular weight is 306 g/mol. The lowest BCUT2D eigenvalue weighted by Crippen LogP contribution is -2.64. The predicted molar refractivity (Wildman–Crippen MR) is 77.1 cm³/mol. The van der Waals surface area contributed by atoms with Crippen LogP contribution in [-0.4, -0.2) is 42.3 Å². The van der Waals surface area contributed by atoms with Crippen molar-refractivity contribution in [3.8, 4) is 0 Å². The fourth-order valence-corrected chi connectivity index (χ4v) is 5.10. The Balaban J connectivity index is 1.84. The fraction of sp³-hybridized carbons (Fsp3) is 0.765. The van der Waals surface area contributed by atoms with E-state index < -0.39 is 16.4 Å². The summed E-state index contributed by atoms with van der Waals surface area (Å²) in [6, 6.07) is 0. The maximum absolute atomic E-state index is 12.4. The fourth-order valence-electron chi connectivity index (χ4n) is 5.10. The molecule has 1 spiro atoms. The van der Waals surface area contributed by atoms with Gasteiger partial charge in [-0.15, -0.1) is 0 Å². The quantitative estimate of drug-likeness (QED) is 0.546. The molecule has 0 aromatic rings. The van der Waals surface area contributed by atoms with Crippen LogP contribution in [-0.2, 0) is 23.8 Å². The first-order chi connectivity index (χ1) is 10.2. The molecular formula is C17H22O5. The molecule has 0 N–H and O–H groups in total. The topological polar surface area (TPSA) is 65.1 Å². The minimum absolute atomic E-state index is 0.0721. The molecule has 0 radical (unpaired) electrons. The first-order valence-corrected chi connectivity index (χ1v) is 7.93. The number of hydrogen-bond donors (Lipinski definition) is 0. The van der Waals surface area contributed by atoms with Crippen molar-refractivity contribution in [3.05, 3.63) is 11.6 Å². The van der Waals surface area contributed by atoms with E-state index in [0.717, 1.165) is 5.57 Å². The molecule has 0 unspecified atom stereocenters. The second kappa shape index (κ2) is 4.01. The molecule has 1 saturated carbocycles. The second-order valence-corrected chi connectivity index (χ2v) is 7.63. The highest BCUT2D eigenvalue weighted by atomic mass is 16.6. The minimum Gasteiger partial charge on any atom is -0.462 e. The highest BCUT2D eigenvalue weighted by Gasteiger charge is 2.82. The number of carbonyl (C=O) groups excluding carboxylic acids is 2. The normalized spacial score (nSPS) is 52.3. The second-order valence-electron chi connectivity index (χ2n) is 7.63. The largest absolute Gasteiger partial charge is 0.462 e. The van der Waals surface area contributed by atoms with Gasteiger partial charge in [0.2, 0.25) is 0 Å². The van der Waals surface area contributed by atoms with Crippen LogP contribution in [0.5, 0.6) is 0 Å². The van der Waals surface area contributed by atoms with Gasteiger partial charge in [0.25, 0.3) is 0 Å². The summed E-state index contributed by atoms with van der Waals surface area (Å²) in [5.74, 6) is -0.144. The van der Waals surface area contributed by atoms with E-state index in [1.807, 2.05) is 13.0 Å². The van der Waals surface area contributed by atoms with E-state index in [2.05, 4.69) is 13.8 Å². The van der Waals surface area contributed by atoms with Crippen LogP contribution >= 0.6 is 0 Å². The smallest absolute Gasteiger partial charge is 0.302 e. The summed E-state index contributed by atoms with van der Waals surface area (Å²) in [5, 5.41) is 0. The first kappa shape index (κ1) is 14.4. The zero-order valence-electron chi connectivity index (χ0n) is 13.5. The van der Waals surface area contributed by atoms with Gasteiger partial charge in [-0.3, -0.25) is 9.59 Å². The molecular weight excluding hydrogens is 284 g/mol. The maximum atomic E-state index is 12.4. The lowest BCUT2D eigenvalue weighted by atomic mass is 9.52. The van der Waals surface area contributed by atoms with Crippen molar-refractivity contribution in [1.82, 2.24) is 0 Å². The molecule has 6 atom stereocenters. The SMILES string of the molecule is CC(=O)O[C@@H]1C[C@H]2O[C@@H]3C=C(C)C(=O)C[C@]3(C)[C@]1(C)[C@@]21CO1. The van der Waals surface area contributed by atoms with Gasteiger partial charge in [0.05, 0.1) is 18.8 Å². The number of hydrogen-bond acceptors (Lipinski definition) is 5. The molecule has 2 saturated heterocycles. The van der Waals surface area contributed by atoms with Crippen molar-refractivity contribution in [3.63, 3.8) is 0 Å². The number of rotatable bonds is 1. The van der Waals surface area contributed by atoms with Crippen LogP contribution in [0, 0.1) is 10.8 Å². The van der Waals surface area contributed by atoms with E-state index in [1.165, 1.54) is 6.92 Å². The number of ether oxygens (including phenoxy) is 3. The number of carbonyl (C=O) groups is 2. The van der Waals surface area contributed by atoms with Crippen molar-refractivity contribution in [1.29, 1.82) is 0 Å². The Morgan fingerprint density at radius 3 is 2.68 bits per heavy atom. The molecule has 22 heavy (non-hydrogen) atoms. The van der Waals surface area contributed by atoms with Gasteiger partial charge in [-0.25, -0.2) is 0 Å². The standard InChI is InChI=1S/C17H22O5/c1-9-5-12-15(3,7-11(9)19)16(4)13(21-10(2)18)6-14(22-12)17(16)8-20-17/h5,12-14H,6-8H2,1-4H3/t12-,13-,14-,15+,16-,17-/m1/s1. The van der Waals surface area contributed by atoms with Crippen LogP contribution in [0.3, 0.4) is 0 Å². The highest BCUT2D eigenvalue weighted by molar-refractivity contribution is 5.96. The van der Waals surface area contributed by atoms with Crippen LogP contribution in [0.2, 0.25) is 0 Å². The van der Waals surface area contributed by atoms with Gasteiger partial charge in [0, 0.05) is 30.6 Å². The third-order valence-corrected chi connectivity index (χ3v) is 6.73. The van der Waals surface area contributed by atoms with Gasteiger partial charge in [0.15, 0.2) is 5.78 Å². The zero-order chi connectivity index (χ0) is 15.9. The van der Waals surface area contributed by atoms with Gasteiger partial charge >= 0.3 is 5.97 Å². The Morgan fingerprint density at radius 2 is 2.09 bits per heavy atom. The van der Waals surface area contributed by atoms with Crippen molar-refractivity contribution in [2.75, 3.05) is 6.61 Å². The molecule has 2 bridgehead atoms. The minimum atomic E-state index is -0.423. The number of allylic oxidation sites excluding steroid dienone is 1. The van der Waals surface area contributed by atoms with Gasteiger partial charge in [-0.2, -0.15) is 0 Å². The van der Waals surface area contributed by atoms with Gasteiger partial charge < -0.3 is 14.2 Å². The summed E-state index contributed by atoms with van der Waals surface area (Å²) in [6.45, 7) is 8.09. The summed E-state index contributed by atoms with van der Waals surface area (Å²) < 4.78 is 17.8. The molecule has 4 rings (SSSR count). The molecule has 0 amide bonds. The Kier molecular flexibility index (Phi) is 2.62. The Labute approximate surface area is 130 Å². The zero-order valence-corrected chi connectivity index (χ0v) is 13.5. The van der Waals surface area contributed by atoms with E-state index in [4.69, 9.17) is 14.2 Å². The summed E-state index contributed by atoms with van der Waals surface area (Å²) >= 11 is 0. The molecule has 4 aliphatic rings. The van der Waals surface area contributed by atoms with E-state index >= 15 is 0 Å². The van der Waals surface area contributed by atoms with Crippen molar-refractivity contribution in [2.45, 2.75) is 64.4 Å². The van der Waals surface area contributed by atoms with Crippen LogP contribution in [0.15, 0.2) is 11.6 Å². The van der Waals surface area contributed by atoms with Crippen LogP contribution in [0.4, 0.5) is 0 Å². The Bertz CT molecular complexity index is 604. The number of ketones is 1. The van der Waals surface area contributed by atoms with Gasteiger partial charge in [-0.05, 0) is 18.6 Å². The third-order valence-electron chi connectivity index (χ3n) is 6.73. The molecule has 2 aliphatic carbocycles. The average Bonchev–Trinajstić information content (AvgIpc) is 3.18. The van der Waals surface area contributed by atoms with Crippen molar-refractivity contribution >= 4 is 11.8 Å². The maximum Gasteiger partial charge on any atom is 0.302 e. The van der Waals surface area contributed by atoms with Crippen LogP contribution in [0.1, 0.15) is 40.5 Å². The molecule has 0 aromatic carbocycles. The summed E-state index contributed by atoms with van der Waals surface area (Å²) in [7, 11) is 0. The summed E-state index contributed by atoms with van der Waals surface area (Å²) in [5.41, 5.74) is -0.473. The number of Topliss-reactive ketones (excluding diaryl/α,β-unsaturated/α-hetero) is 1. The number of epoxide rings is 1. The predicted octanol–water partition coefficient (Wildman–Crippen LogP) is 1.79. The molecule has 5 nitrogen and oxygen atoms in total. The Hall–Kier alpha value is -1.20. The van der Waals surface area contributed by atoms with E-state index in [0.29, 0.717) is 19.4 Å². The number of esters is 1. The number of fused-ring (bicyclic) bond motifs is 2. The third kappa shape index (κ3) is 1.42. The van der Waals surface area contributed by atoms with Gasteiger partial charge in [-0.1, -0.05) is 13.8 Å². The van der Waals surface area contributed by atoms with Crippen molar-refractivity contribution in [2.24, 2.45) is 10.8 Å². The molecule has 120 valence electrons. The molecule has 5 heteroatoms. The monoisotopic (exact) mass is 306 g/mol. The summed E-state index contributed by atoms with van der Waals surface area (Å²) in [6.07, 6.45) is 2.53. The molecule has 0 aromatic heterocycles. The highest BCUT2D eigenvalue weighted by Crippen LogP contribution is 2.71. The lowest BCUT2D eigenvalue weighted by molar-refractivity contribution is -0.209. The van der Waals surface area contributed by atoms with Crippen LogP contribution < -0.4 is 0 Å². The van der Waals surface area contributed by atoms with E-state index in [9.17, 15) is 9.59 Å². The summed E-state index contributed by atoms with van der Waals surface area (Å²) in [4.78, 5) is 23.9. The molecule has 3 fully saturated rings. The van der Waals surface area contributed by atoms with Crippen LogP contribution in [0.25, 0.3) is 0 Å². The lowest BCUT2D eigenvalue weighted by Gasteiger charge is -2.56. The molecule has 2 aliphatic heterocycles. The van der Waals surface area contributed by atoms with E-state index in [-0.39, 0.29) is 30.1 Å². The Morgan fingerprint density at radius 1 is 1.41 bits per heavy atom. The van der Waals surface area contributed by atoms with Crippen molar-refractivity contribution < 1.29 is 23.8 Å².